The molecule has 5 heterocycles. The summed E-state index contributed by atoms with van der Waals surface area (Å²) in [5.41, 5.74) is 8.18. The van der Waals surface area contributed by atoms with Gasteiger partial charge in [0.1, 0.15) is 17.3 Å². The number of thiophene rings is 2. The second kappa shape index (κ2) is 7.44. The van der Waals surface area contributed by atoms with Crippen LogP contribution in [0, 0.1) is 0 Å². The molecular formula is C20H22N6S2. The Bertz CT molecular complexity index is 1010. The van der Waals surface area contributed by atoms with Gasteiger partial charge in [0.05, 0.1) is 19.3 Å². The van der Waals surface area contributed by atoms with Crippen molar-refractivity contribution >= 4 is 45.6 Å². The maximum absolute atomic E-state index is 6.33. The molecule has 0 radical (unpaired) electrons. The van der Waals surface area contributed by atoms with E-state index in [2.05, 4.69) is 49.9 Å². The number of nitrogens with two attached hydrogens (primary N) is 1. The van der Waals surface area contributed by atoms with Gasteiger partial charge in [0.2, 0.25) is 0 Å². The first kappa shape index (κ1) is 17.5. The minimum Gasteiger partial charge on any atom is -0.383 e. The van der Waals surface area contributed by atoms with Crippen molar-refractivity contribution in [1.29, 1.82) is 0 Å². The SMILES string of the molecule is Nc1cc(N2CCCC2)nc2c(N(Cc3cccs3)Cc3cccs3)cnn12. The standard InChI is InChI=1S/C20H22N6S2/c21-18-11-19(24-7-1-2-8-24)23-20-17(12-22-26(18)20)25(13-15-5-3-9-27-15)14-16-6-4-10-28-16/h3-6,9-12H,1-2,7-8,13-14,21H2. The summed E-state index contributed by atoms with van der Waals surface area (Å²) < 4.78 is 1.75. The summed E-state index contributed by atoms with van der Waals surface area (Å²) in [4.78, 5) is 12.3. The number of hydrogen-bond donors (Lipinski definition) is 1. The molecule has 0 spiro atoms. The zero-order chi connectivity index (χ0) is 18.9. The zero-order valence-corrected chi connectivity index (χ0v) is 17.1. The molecule has 5 rings (SSSR count). The van der Waals surface area contributed by atoms with E-state index in [0.717, 1.165) is 43.3 Å². The van der Waals surface area contributed by atoms with Crippen molar-refractivity contribution in [2.45, 2.75) is 25.9 Å². The highest BCUT2D eigenvalue weighted by atomic mass is 32.1. The Morgan fingerprint density at radius 3 is 2.32 bits per heavy atom. The molecule has 0 amide bonds. The predicted molar refractivity (Wildman–Crippen MR) is 117 cm³/mol. The number of fused-ring (bicyclic) bond motifs is 1. The van der Waals surface area contributed by atoms with Gasteiger partial charge >= 0.3 is 0 Å². The van der Waals surface area contributed by atoms with Crippen molar-refractivity contribution in [1.82, 2.24) is 14.6 Å². The largest absolute Gasteiger partial charge is 0.383 e. The number of nitrogen functional groups attached to an aromatic ring is 1. The summed E-state index contributed by atoms with van der Waals surface area (Å²) in [6, 6.07) is 10.5. The second-order valence-corrected chi connectivity index (χ2v) is 9.08. The molecule has 0 aliphatic carbocycles. The third-order valence-corrected chi connectivity index (χ3v) is 6.81. The van der Waals surface area contributed by atoms with Crippen LogP contribution in [-0.2, 0) is 13.1 Å². The van der Waals surface area contributed by atoms with E-state index in [4.69, 9.17) is 10.7 Å². The van der Waals surface area contributed by atoms with E-state index in [1.165, 1.54) is 22.6 Å². The Labute approximate surface area is 171 Å². The van der Waals surface area contributed by atoms with E-state index in [1.807, 2.05) is 12.3 Å². The maximum Gasteiger partial charge on any atom is 0.183 e. The van der Waals surface area contributed by atoms with Crippen LogP contribution in [0.1, 0.15) is 22.6 Å². The third kappa shape index (κ3) is 3.33. The summed E-state index contributed by atoms with van der Waals surface area (Å²) >= 11 is 3.55. The molecule has 0 saturated carbocycles. The summed E-state index contributed by atoms with van der Waals surface area (Å²) in [7, 11) is 0. The molecule has 144 valence electrons. The highest BCUT2D eigenvalue weighted by molar-refractivity contribution is 7.10. The Morgan fingerprint density at radius 2 is 1.71 bits per heavy atom. The first-order valence-corrected chi connectivity index (χ1v) is 11.2. The summed E-state index contributed by atoms with van der Waals surface area (Å²) in [5.74, 6) is 1.58. The highest BCUT2D eigenvalue weighted by Crippen LogP contribution is 2.30. The van der Waals surface area contributed by atoms with E-state index in [0.29, 0.717) is 5.82 Å². The van der Waals surface area contributed by atoms with Gasteiger partial charge in [0.15, 0.2) is 5.65 Å². The number of rotatable bonds is 6. The summed E-state index contributed by atoms with van der Waals surface area (Å²) in [5, 5.41) is 8.78. The Morgan fingerprint density at radius 1 is 1.04 bits per heavy atom. The van der Waals surface area contributed by atoms with Gasteiger partial charge in [-0.1, -0.05) is 12.1 Å². The molecule has 2 N–H and O–H groups in total. The van der Waals surface area contributed by atoms with Crippen LogP contribution in [0.15, 0.2) is 47.3 Å². The maximum atomic E-state index is 6.33. The van der Waals surface area contributed by atoms with Gasteiger partial charge in [-0.2, -0.15) is 9.61 Å². The average molecular weight is 411 g/mol. The van der Waals surface area contributed by atoms with Crippen LogP contribution < -0.4 is 15.5 Å². The molecule has 8 heteroatoms. The molecule has 1 aliphatic rings. The van der Waals surface area contributed by atoms with E-state index < -0.39 is 0 Å². The van der Waals surface area contributed by atoms with Crippen LogP contribution in [0.3, 0.4) is 0 Å². The topological polar surface area (TPSA) is 62.7 Å². The minimum atomic E-state index is 0.630. The second-order valence-electron chi connectivity index (χ2n) is 7.01. The minimum absolute atomic E-state index is 0.630. The number of nitrogens with zero attached hydrogens (tertiary/aromatic N) is 5. The van der Waals surface area contributed by atoms with Crippen LogP contribution in [0.4, 0.5) is 17.3 Å². The Kier molecular flexibility index (Phi) is 4.66. The molecule has 6 nitrogen and oxygen atoms in total. The smallest absolute Gasteiger partial charge is 0.183 e. The lowest BCUT2D eigenvalue weighted by Crippen LogP contribution is -2.22. The Balaban J connectivity index is 1.56. The quantitative estimate of drug-likeness (QED) is 0.515. The van der Waals surface area contributed by atoms with Crippen molar-refractivity contribution < 1.29 is 0 Å². The van der Waals surface area contributed by atoms with Crippen molar-refractivity contribution in [3.8, 4) is 0 Å². The van der Waals surface area contributed by atoms with Gasteiger partial charge in [0.25, 0.3) is 0 Å². The van der Waals surface area contributed by atoms with E-state index in [9.17, 15) is 0 Å². The van der Waals surface area contributed by atoms with Gasteiger partial charge in [-0.25, -0.2) is 4.98 Å². The van der Waals surface area contributed by atoms with Crippen molar-refractivity contribution in [3.05, 3.63) is 57.0 Å². The first-order chi connectivity index (χ1) is 13.8. The molecule has 0 aromatic carbocycles. The van der Waals surface area contributed by atoms with Gasteiger partial charge in [0, 0.05) is 28.9 Å². The molecule has 1 aliphatic heterocycles. The van der Waals surface area contributed by atoms with Gasteiger partial charge < -0.3 is 15.5 Å². The predicted octanol–water partition coefficient (Wildman–Crippen LogP) is 4.24. The molecule has 1 fully saturated rings. The normalized spacial score (nSPS) is 14.2. The van der Waals surface area contributed by atoms with Gasteiger partial charge in [-0.15, -0.1) is 22.7 Å². The van der Waals surface area contributed by atoms with Crippen LogP contribution in [0.2, 0.25) is 0 Å². The van der Waals surface area contributed by atoms with Gasteiger partial charge in [-0.3, -0.25) is 0 Å². The summed E-state index contributed by atoms with van der Waals surface area (Å²) in [6.45, 7) is 3.74. The Hall–Kier alpha value is -2.58. The molecule has 1 saturated heterocycles. The first-order valence-electron chi connectivity index (χ1n) is 9.47. The fourth-order valence-electron chi connectivity index (χ4n) is 3.70. The number of hydrogen-bond acceptors (Lipinski definition) is 7. The molecule has 0 bridgehead atoms. The van der Waals surface area contributed by atoms with E-state index in [1.54, 1.807) is 27.2 Å². The van der Waals surface area contributed by atoms with Crippen LogP contribution in [0.25, 0.3) is 5.65 Å². The van der Waals surface area contributed by atoms with Crippen molar-refractivity contribution in [2.24, 2.45) is 0 Å². The lowest BCUT2D eigenvalue weighted by molar-refractivity contribution is 0.821. The monoisotopic (exact) mass is 410 g/mol. The fraction of sp³-hybridized carbons (Fsp3) is 0.300. The highest BCUT2D eigenvalue weighted by Gasteiger charge is 2.20. The van der Waals surface area contributed by atoms with Crippen LogP contribution in [0.5, 0.6) is 0 Å². The van der Waals surface area contributed by atoms with E-state index in [-0.39, 0.29) is 0 Å². The number of anilines is 3. The van der Waals surface area contributed by atoms with E-state index >= 15 is 0 Å². The van der Waals surface area contributed by atoms with Crippen molar-refractivity contribution in [3.63, 3.8) is 0 Å². The lowest BCUT2D eigenvalue weighted by Gasteiger charge is -2.23. The molecule has 0 unspecified atom stereocenters. The van der Waals surface area contributed by atoms with Crippen LogP contribution >= 0.6 is 22.7 Å². The summed E-state index contributed by atoms with van der Waals surface area (Å²) in [6.07, 6.45) is 4.32. The lowest BCUT2D eigenvalue weighted by atomic mass is 10.3. The van der Waals surface area contributed by atoms with Gasteiger partial charge in [-0.05, 0) is 35.7 Å². The van der Waals surface area contributed by atoms with Crippen molar-refractivity contribution in [2.75, 3.05) is 28.6 Å². The molecule has 0 atom stereocenters. The molecule has 28 heavy (non-hydrogen) atoms. The molecule has 4 aromatic heterocycles. The number of aromatic nitrogens is 3. The molecular weight excluding hydrogens is 388 g/mol. The molecule has 4 aromatic rings. The third-order valence-electron chi connectivity index (χ3n) is 5.09. The van der Waals surface area contributed by atoms with Crippen LogP contribution in [-0.4, -0.2) is 27.7 Å². The zero-order valence-electron chi connectivity index (χ0n) is 15.5. The average Bonchev–Trinajstić information content (AvgIpc) is 3.47. The fourth-order valence-corrected chi connectivity index (χ4v) is 5.14.